The molecular formula is C29H51N3O7S. The zero-order valence-electron chi connectivity index (χ0n) is 24.2. The number of thioether (sulfide) groups is 1. The lowest BCUT2D eigenvalue weighted by Gasteiger charge is -2.44. The van der Waals surface area contributed by atoms with Crippen LogP contribution in [-0.4, -0.2) is 126 Å². The van der Waals surface area contributed by atoms with E-state index >= 15 is 0 Å². The summed E-state index contributed by atoms with van der Waals surface area (Å²) in [5.41, 5.74) is -0.662. The lowest BCUT2D eigenvalue weighted by Crippen LogP contribution is -2.64. The van der Waals surface area contributed by atoms with Crippen LogP contribution in [-0.2, 0) is 19.0 Å². The first-order valence-corrected chi connectivity index (χ1v) is 16.6. The zero-order valence-corrected chi connectivity index (χ0v) is 25.0. The summed E-state index contributed by atoms with van der Waals surface area (Å²) in [6, 6.07) is -0.927. The highest BCUT2D eigenvalue weighted by molar-refractivity contribution is 7.99. The molecule has 230 valence electrons. The molecule has 1 amide bonds. The lowest BCUT2D eigenvalue weighted by molar-refractivity contribution is -0.206. The molecule has 5 fully saturated rings. The van der Waals surface area contributed by atoms with Crippen molar-refractivity contribution in [2.24, 2.45) is 23.7 Å². The van der Waals surface area contributed by atoms with Gasteiger partial charge in [-0.25, -0.2) is 0 Å². The molecule has 10 nitrogen and oxygen atoms in total. The summed E-state index contributed by atoms with van der Waals surface area (Å²) >= 11 is 1.51. The number of morpholine rings is 1. The molecule has 5 N–H and O–H groups in total. The summed E-state index contributed by atoms with van der Waals surface area (Å²) in [5, 5.41) is 39.0. The van der Waals surface area contributed by atoms with Crippen LogP contribution in [0, 0.1) is 23.7 Å². The number of fused-ring (bicyclic) bond motifs is 3. The van der Waals surface area contributed by atoms with Crippen LogP contribution in [0.25, 0.3) is 0 Å². The van der Waals surface area contributed by atoms with Gasteiger partial charge in [-0.3, -0.25) is 9.69 Å². The SMILES string of the molecule is CC(C)C[C@@H]1CCO[C@@H]2[C@H](CN[C@@H]2C(=O)N[C@@H]2CCCC(CN3CCOCC3)CSC3OC2C(O)C(O)C3O)C1. The summed E-state index contributed by atoms with van der Waals surface area (Å²) in [6.07, 6.45) is 1.02. The van der Waals surface area contributed by atoms with Crippen LogP contribution in [0.2, 0.25) is 0 Å². The number of hydrogen-bond acceptors (Lipinski definition) is 10. The van der Waals surface area contributed by atoms with Gasteiger partial charge in [0.25, 0.3) is 0 Å². The van der Waals surface area contributed by atoms with E-state index in [4.69, 9.17) is 14.2 Å². The highest BCUT2D eigenvalue weighted by atomic mass is 32.2. The van der Waals surface area contributed by atoms with Gasteiger partial charge in [-0.1, -0.05) is 20.3 Å². The Balaban J connectivity index is 1.25. The summed E-state index contributed by atoms with van der Waals surface area (Å²) in [5.74, 6) is 2.63. The van der Waals surface area contributed by atoms with Crippen LogP contribution < -0.4 is 10.6 Å². The van der Waals surface area contributed by atoms with Gasteiger partial charge >= 0.3 is 0 Å². The van der Waals surface area contributed by atoms with Crippen LogP contribution >= 0.6 is 11.8 Å². The van der Waals surface area contributed by atoms with Crippen molar-refractivity contribution in [3.8, 4) is 0 Å². The second-order valence-electron chi connectivity index (χ2n) is 13.1. The summed E-state index contributed by atoms with van der Waals surface area (Å²) < 4.78 is 18.0. The first kappa shape index (κ1) is 30.9. The van der Waals surface area contributed by atoms with E-state index in [1.54, 1.807) is 0 Å². The Kier molecular flexibility index (Phi) is 11.1. The molecule has 0 aromatic heterocycles. The third-order valence-electron chi connectivity index (χ3n) is 9.53. The largest absolute Gasteiger partial charge is 0.388 e. The van der Waals surface area contributed by atoms with Gasteiger partial charge in [-0.15, -0.1) is 11.8 Å². The van der Waals surface area contributed by atoms with Crippen LogP contribution in [0.4, 0.5) is 0 Å². The smallest absolute Gasteiger partial charge is 0.240 e. The van der Waals surface area contributed by atoms with Gasteiger partial charge in [0, 0.05) is 32.8 Å². The summed E-state index contributed by atoms with van der Waals surface area (Å²) in [6.45, 7) is 10.3. The van der Waals surface area contributed by atoms with Gasteiger partial charge in [0.05, 0.1) is 25.4 Å². The summed E-state index contributed by atoms with van der Waals surface area (Å²) in [7, 11) is 0. The van der Waals surface area contributed by atoms with Crippen LogP contribution in [0.1, 0.15) is 52.4 Å². The number of amides is 1. The van der Waals surface area contributed by atoms with E-state index in [1.165, 1.54) is 18.2 Å². The maximum absolute atomic E-state index is 13.7. The van der Waals surface area contributed by atoms with Crippen LogP contribution in [0.15, 0.2) is 0 Å². The lowest BCUT2D eigenvalue weighted by atomic mass is 9.85. The molecule has 0 aromatic rings. The average Bonchev–Trinajstić information content (AvgIpc) is 3.22. The molecule has 40 heavy (non-hydrogen) atoms. The van der Waals surface area contributed by atoms with Crippen molar-refractivity contribution in [1.29, 1.82) is 0 Å². The van der Waals surface area contributed by atoms with Gasteiger partial charge in [0.2, 0.25) is 5.91 Å². The molecule has 5 aliphatic heterocycles. The second-order valence-corrected chi connectivity index (χ2v) is 14.2. The molecule has 0 saturated carbocycles. The predicted octanol–water partition coefficient (Wildman–Crippen LogP) is 0.574. The number of nitrogens with one attached hydrogen (secondary N) is 2. The first-order chi connectivity index (χ1) is 19.3. The summed E-state index contributed by atoms with van der Waals surface area (Å²) in [4.78, 5) is 16.1. The minimum Gasteiger partial charge on any atom is -0.388 e. The van der Waals surface area contributed by atoms with Crippen molar-refractivity contribution < 1.29 is 34.3 Å². The van der Waals surface area contributed by atoms with E-state index in [2.05, 4.69) is 29.4 Å². The number of aliphatic hydroxyl groups excluding tert-OH is 3. The van der Waals surface area contributed by atoms with Gasteiger partial charge in [-0.2, -0.15) is 0 Å². The molecule has 5 aliphatic rings. The molecule has 0 radical (unpaired) electrons. The highest BCUT2D eigenvalue weighted by Crippen LogP contribution is 2.36. The Morgan fingerprint density at radius 2 is 1.82 bits per heavy atom. The number of rotatable bonds is 6. The maximum Gasteiger partial charge on any atom is 0.240 e. The van der Waals surface area contributed by atoms with E-state index in [-0.39, 0.29) is 12.0 Å². The third kappa shape index (κ3) is 7.52. The minimum absolute atomic E-state index is 0.137. The van der Waals surface area contributed by atoms with Crippen LogP contribution in [0.3, 0.4) is 0 Å². The van der Waals surface area contributed by atoms with Crippen molar-refractivity contribution in [2.75, 3.05) is 51.8 Å². The fraction of sp³-hybridized carbons (Fsp3) is 0.966. The topological polar surface area (TPSA) is 133 Å². The van der Waals surface area contributed by atoms with E-state index in [9.17, 15) is 20.1 Å². The highest BCUT2D eigenvalue weighted by Gasteiger charge is 2.49. The average molecular weight is 586 g/mol. The third-order valence-corrected chi connectivity index (χ3v) is 10.9. The fourth-order valence-corrected chi connectivity index (χ4v) is 8.74. The minimum atomic E-state index is -1.33. The number of ether oxygens (including phenoxy) is 3. The Morgan fingerprint density at radius 1 is 1.02 bits per heavy atom. The number of carbonyl (C=O) groups is 1. The van der Waals surface area contributed by atoms with E-state index < -0.39 is 41.9 Å². The molecule has 5 heterocycles. The fourth-order valence-electron chi connectivity index (χ4n) is 7.44. The molecule has 0 spiro atoms. The van der Waals surface area contributed by atoms with Crippen molar-refractivity contribution in [2.45, 2.75) is 100 Å². The van der Waals surface area contributed by atoms with Gasteiger partial charge in [0.15, 0.2) is 0 Å². The van der Waals surface area contributed by atoms with E-state index in [1.807, 2.05) is 0 Å². The number of carbonyl (C=O) groups excluding carboxylic acids is 1. The Labute approximate surface area is 243 Å². The molecule has 0 aliphatic carbocycles. The molecule has 5 rings (SSSR count). The van der Waals surface area contributed by atoms with Gasteiger partial charge in [-0.05, 0) is 61.5 Å². The molecule has 0 aromatic carbocycles. The molecule has 5 saturated heterocycles. The number of nitrogens with zero attached hydrogens (tertiary/aromatic N) is 1. The molecule has 6 unspecified atom stereocenters. The normalized spacial score (nSPS) is 43.6. The van der Waals surface area contributed by atoms with Crippen molar-refractivity contribution >= 4 is 17.7 Å². The van der Waals surface area contributed by atoms with Gasteiger partial charge in [0.1, 0.15) is 35.9 Å². The number of aliphatic hydroxyl groups is 3. The second kappa shape index (κ2) is 14.3. The van der Waals surface area contributed by atoms with E-state index in [0.29, 0.717) is 36.7 Å². The van der Waals surface area contributed by atoms with Crippen molar-refractivity contribution in [3.05, 3.63) is 0 Å². The molecular weight excluding hydrogens is 534 g/mol. The van der Waals surface area contributed by atoms with Crippen LogP contribution in [0.5, 0.6) is 0 Å². The Morgan fingerprint density at radius 3 is 2.60 bits per heavy atom. The first-order valence-electron chi connectivity index (χ1n) is 15.6. The Bertz CT molecular complexity index is 818. The number of hydrogen-bond donors (Lipinski definition) is 5. The Hall–Kier alpha value is -0.500. The molecule has 11 atom stereocenters. The predicted molar refractivity (Wildman–Crippen MR) is 153 cm³/mol. The van der Waals surface area contributed by atoms with E-state index in [0.717, 1.165) is 70.8 Å². The standard InChI is InChI=1S/C29H51N3O7S/c1-17(2)12-18-6-9-38-26-20(13-18)14-30-22(26)28(36)31-21-5-3-4-19(15-32-7-10-37-11-8-32)16-40-29-25(35)23(33)24(34)27(21)39-29/h17-27,29-30,33-35H,3-16H2,1-2H3,(H,31,36)/t18-,19?,20-,21+,22-,23?,24?,25?,26+,27?,29?/m0/s1. The maximum atomic E-state index is 13.7. The monoisotopic (exact) mass is 585 g/mol. The van der Waals surface area contributed by atoms with Crippen molar-refractivity contribution in [3.63, 3.8) is 0 Å². The quantitative estimate of drug-likeness (QED) is 0.301. The molecule has 11 heteroatoms. The van der Waals surface area contributed by atoms with Gasteiger partial charge < -0.3 is 40.2 Å². The molecule has 2 bridgehead atoms. The van der Waals surface area contributed by atoms with Crippen molar-refractivity contribution in [1.82, 2.24) is 15.5 Å². The zero-order chi connectivity index (χ0) is 28.2.